The summed E-state index contributed by atoms with van der Waals surface area (Å²) < 4.78 is 10.6. The van der Waals surface area contributed by atoms with Crippen LogP contribution >= 0.6 is 11.3 Å². The van der Waals surface area contributed by atoms with E-state index in [-0.39, 0.29) is 12.2 Å². The number of methoxy groups -OCH3 is 1. The quantitative estimate of drug-likeness (QED) is 0.589. The van der Waals surface area contributed by atoms with Crippen molar-refractivity contribution >= 4 is 23.1 Å². The number of benzene rings is 2. The van der Waals surface area contributed by atoms with E-state index < -0.39 is 5.97 Å². The molecule has 3 rings (SSSR count). The van der Waals surface area contributed by atoms with E-state index in [0.717, 1.165) is 10.6 Å². The van der Waals surface area contributed by atoms with Gasteiger partial charge in [0, 0.05) is 23.6 Å². The number of ether oxygens (including phenoxy) is 2. The number of rotatable bonds is 7. The molecular weight excluding hydrogens is 350 g/mol. The lowest BCUT2D eigenvalue weighted by Gasteiger charge is -2.11. The van der Waals surface area contributed by atoms with Crippen LogP contribution in [-0.4, -0.2) is 23.8 Å². The van der Waals surface area contributed by atoms with E-state index >= 15 is 0 Å². The largest absolute Gasteiger partial charge is 0.465 e. The Labute approximate surface area is 155 Å². The van der Waals surface area contributed by atoms with E-state index in [1.165, 1.54) is 18.4 Å². The summed E-state index contributed by atoms with van der Waals surface area (Å²) in [5.41, 5.74) is 1.26. The summed E-state index contributed by atoms with van der Waals surface area (Å²) in [5.74, 6) is 0.880. The molecular formula is C20H17NO4S. The molecule has 0 aliphatic carbocycles. The zero-order valence-corrected chi connectivity index (χ0v) is 15.0. The van der Waals surface area contributed by atoms with Gasteiger partial charge in [0.2, 0.25) is 0 Å². The lowest BCUT2D eigenvalue weighted by Crippen LogP contribution is -2.07. The standard InChI is InChI=1S/C20H17NO4S/c1-24-20(23)14-6-8-17(9-7-14)25-18-5-3-2-4-15(18)12-16(22)13-19-21-10-11-26-19/h2-11H,12-13H2,1H3. The zero-order valence-electron chi connectivity index (χ0n) is 14.2. The third kappa shape index (κ3) is 4.55. The third-order valence-corrected chi connectivity index (χ3v) is 4.47. The minimum Gasteiger partial charge on any atom is -0.465 e. The van der Waals surface area contributed by atoms with Gasteiger partial charge >= 0.3 is 5.97 Å². The maximum atomic E-state index is 12.3. The first-order chi connectivity index (χ1) is 12.7. The Hall–Kier alpha value is -2.99. The Morgan fingerprint density at radius 3 is 2.50 bits per heavy atom. The van der Waals surface area contributed by atoms with Crippen LogP contribution in [0.5, 0.6) is 11.5 Å². The molecule has 0 unspecified atom stereocenters. The fourth-order valence-corrected chi connectivity index (χ4v) is 3.08. The third-order valence-electron chi connectivity index (χ3n) is 3.70. The normalized spacial score (nSPS) is 10.3. The molecule has 132 valence electrons. The van der Waals surface area contributed by atoms with Gasteiger partial charge < -0.3 is 9.47 Å². The van der Waals surface area contributed by atoms with Gasteiger partial charge in [0.1, 0.15) is 17.3 Å². The van der Waals surface area contributed by atoms with Crippen molar-refractivity contribution in [2.45, 2.75) is 12.8 Å². The number of carbonyl (C=O) groups excluding carboxylic acids is 2. The minimum atomic E-state index is -0.398. The first-order valence-corrected chi connectivity index (χ1v) is 8.88. The molecule has 1 aromatic heterocycles. The Bertz CT molecular complexity index is 888. The van der Waals surface area contributed by atoms with E-state index in [1.54, 1.807) is 30.5 Å². The highest BCUT2D eigenvalue weighted by Crippen LogP contribution is 2.26. The second-order valence-corrected chi connectivity index (χ2v) is 6.52. The lowest BCUT2D eigenvalue weighted by molar-refractivity contribution is -0.117. The molecule has 0 aliphatic rings. The van der Waals surface area contributed by atoms with Crippen LogP contribution in [0, 0.1) is 0 Å². The van der Waals surface area contributed by atoms with Crippen molar-refractivity contribution in [2.24, 2.45) is 0 Å². The van der Waals surface area contributed by atoms with E-state index in [0.29, 0.717) is 23.5 Å². The number of para-hydroxylation sites is 1. The average Bonchev–Trinajstić information content (AvgIpc) is 3.16. The fourth-order valence-electron chi connectivity index (χ4n) is 2.44. The maximum absolute atomic E-state index is 12.3. The monoisotopic (exact) mass is 367 g/mol. The average molecular weight is 367 g/mol. The smallest absolute Gasteiger partial charge is 0.337 e. The van der Waals surface area contributed by atoms with Crippen LogP contribution in [0.4, 0.5) is 0 Å². The van der Waals surface area contributed by atoms with Crippen LogP contribution in [0.1, 0.15) is 20.9 Å². The summed E-state index contributed by atoms with van der Waals surface area (Å²) in [5, 5.41) is 2.67. The Morgan fingerprint density at radius 1 is 1.04 bits per heavy atom. The van der Waals surface area contributed by atoms with Crippen LogP contribution in [0.15, 0.2) is 60.1 Å². The Kier molecular flexibility index (Phi) is 5.76. The molecule has 0 amide bonds. The number of nitrogens with zero attached hydrogens (tertiary/aromatic N) is 1. The van der Waals surface area contributed by atoms with Gasteiger partial charge in [-0.05, 0) is 30.3 Å². The molecule has 0 saturated heterocycles. The fraction of sp³-hybridized carbons (Fsp3) is 0.150. The van der Waals surface area contributed by atoms with Crippen molar-refractivity contribution in [3.63, 3.8) is 0 Å². The highest BCUT2D eigenvalue weighted by atomic mass is 32.1. The van der Waals surface area contributed by atoms with Crippen molar-refractivity contribution in [2.75, 3.05) is 7.11 Å². The van der Waals surface area contributed by atoms with Gasteiger partial charge in [-0.1, -0.05) is 18.2 Å². The molecule has 2 aromatic carbocycles. The summed E-state index contributed by atoms with van der Waals surface area (Å²) in [6, 6.07) is 14.1. The summed E-state index contributed by atoms with van der Waals surface area (Å²) in [6.45, 7) is 0. The van der Waals surface area contributed by atoms with Crippen molar-refractivity contribution < 1.29 is 19.1 Å². The molecule has 0 spiro atoms. The minimum absolute atomic E-state index is 0.0806. The van der Waals surface area contributed by atoms with Crippen LogP contribution in [0.25, 0.3) is 0 Å². The molecule has 0 atom stereocenters. The molecule has 0 fully saturated rings. The van der Waals surface area contributed by atoms with E-state index in [1.807, 2.05) is 29.6 Å². The molecule has 5 nitrogen and oxygen atoms in total. The molecule has 0 aliphatic heterocycles. The molecule has 3 aromatic rings. The number of Topliss-reactive ketones (excluding diaryl/α,β-unsaturated/α-hetero) is 1. The topological polar surface area (TPSA) is 65.5 Å². The Morgan fingerprint density at radius 2 is 1.81 bits per heavy atom. The number of carbonyl (C=O) groups is 2. The summed E-state index contributed by atoms with van der Waals surface area (Å²) in [7, 11) is 1.34. The molecule has 0 radical (unpaired) electrons. The van der Waals surface area contributed by atoms with Gasteiger partial charge in [-0.25, -0.2) is 9.78 Å². The summed E-state index contributed by atoms with van der Waals surface area (Å²) in [6.07, 6.45) is 2.29. The first kappa shape index (κ1) is 17.8. The second-order valence-electron chi connectivity index (χ2n) is 5.54. The summed E-state index contributed by atoms with van der Waals surface area (Å²) >= 11 is 1.47. The first-order valence-electron chi connectivity index (χ1n) is 8.00. The van der Waals surface area contributed by atoms with Gasteiger partial charge in [-0.3, -0.25) is 4.79 Å². The lowest BCUT2D eigenvalue weighted by atomic mass is 10.1. The number of hydrogen-bond acceptors (Lipinski definition) is 6. The highest BCUT2D eigenvalue weighted by Gasteiger charge is 2.12. The van der Waals surface area contributed by atoms with E-state index in [9.17, 15) is 9.59 Å². The van der Waals surface area contributed by atoms with Gasteiger partial charge in [0.15, 0.2) is 0 Å². The molecule has 1 heterocycles. The maximum Gasteiger partial charge on any atom is 0.337 e. The molecule has 6 heteroatoms. The van der Waals surface area contributed by atoms with Crippen molar-refractivity contribution in [1.82, 2.24) is 4.98 Å². The van der Waals surface area contributed by atoms with Crippen molar-refractivity contribution in [3.8, 4) is 11.5 Å². The summed E-state index contributed by atoms with van der Waals surface area (Å²) in [4.78, 5) is 27.9. The number of aromatic nitrogens is 1. The molecule has 0 bridgehead atoms. The van der Waals surface area contributed by atoms with Gasteiger partial charge in [-0.15, -0.1) is 11.3 Å². The van der Waals surface area contributed by atoms with Gasteiger partial charge in [0.25, 0.3) is 0 Å². The van der Waals surface area contributed by atoms with Crippen LogP contribution in [-0.2, 0) is 22.4 Å². The number of thiazole rings is 1. The number of esters is 1. The second kappa shape index (κ2) is 8.40. The van der Waals surface area contributed by atoms with E-state index in [4.69, 9.17) is 4.74 Å². The SMILES string of the molecule is COC(=O)c1ccc(Oc2ccccc2CC(=O)Cc2nccs2)cc1. The Balaban J connectivity index is 1.70. The molecule has 0 N–H and O–H groups in total. The van der Waals surface area contributed by atoms with E-state index in [2.05, 4.69) is 9.72 Å². The van der Waals surface area contributed by atoms with Crippen LogP contribution < -0.4 is 4.74 Å². The van der Waals surface area contributed by atoms with Crippen LogP contribution in [0.3, 0.4) is 0 Å². The highest BCUT2D eigenvalue weighted by molar-refractivity contribution is 7.09. The number of ketones is 1. The van der Waals surface area contributed by atoms with Gasteiger partial charge in [0.05, 0.1) is 24.1 Å². The van der Waals surface area contributed by atoms with Crippen LogP contribution in [0.2, 0.25) is 0 Å². The van der Waals surface area contributed by atoms with Crippen molar-refractivity contribution in [1.29, 1.82) is 0 Å². The number of hydrogen-bond donors (Lipinski definition) is 0. The predicted molar refractivity (Wildman–Crippen MR) is 98.8 cm³/mol. The molecule has 26 heavy (non-hydrogen) atoms. The van der Waals surface area contributed by atoms with Gasteiger partial charge in [-0.2, -0.15) is 0 Å². The molecule has 0 saturated carbocycles. The van der Waals surface area contributed by atoms with Crippen molar-refractivity contribution in [3.05, 3.63) is 76.2 Å². The zero-order chi connectivity index (χ0) is 18.4. The predicted octanol–water partition coefficient (Wildman–Crippen LogP) is 4.08.